The number of rotatable bonds is 13. The van der Waals surface area contributed by atoms with Crippen LogP contribution < -0.4 is 9.47 Å². The molecule has 3 aromatic rings. The van der Waals surface area contributed by atoms with E-state index in [2.05, 4.69) is 31.9 Å². The zero-order chi connectivity index (χ0) is 32.3. The normalized spacial score (nSPS) is 15.9. The molecule has 0 aromatic heterocycles. The first-order valence-corrected chi connectivity index (χ1v) is 14.7. The van der Waals surface area contributed by atoms with Gasteiger partial charge in [-0.1, -0.05) is 62.2 Å². The van der Waals surface area contributed by atoms with Crippen LogP contribution in [0.3, 0.4) is 0 Å². The molecule has 0 saturated heterocycles. The predicted octanol–water partition coefficient (Wildman–Crippen LogP) is 7.20. The lowest BCUT2D eigenvalue weighted by atomic mass is 9.78. The molecule has 1 fully saturated rings. The standard InChI is InChI=1S/C37H38O8/c1-6-43-37(40)30-13-9-27(10-14-30)26-7-11-29(12-8-26)33-21-31(17-20-34(33)45-36(39)25(3)23-42-5)28-15-18-32(19-16-28)44-35(38)24(2)22-41-4/h6-8,11-12,15-21,27,30H,1-3,9-10,13-14,22-23H2,4-5H3. The third kappa shape index (κ3) is 8.65. The van der Waals surface area contributed by atoms with Crippen LogP contribution in [-0.2, 0) is 28.6 Å². The summed E-state index contributed by atoms with van der Waals surface area (Å²) in [6.07, 6.45) is 4.51. The third-order valence-corrected chi connectivity index (χ3v) is 7.75. The van der Waals surface area contributed by atoms with E-state index in [1.807, 2.05) is 36.4 Å². The van der Waals surface area contributed by atoms with Crippen LogP contribution in [0.5, 0.6) is 11.5 Å². The van der Waals surface area contributed by atoms with Crippen molar-refractivity contribution in [1.82, 2.24) is 0 Å². The van der Waals surface area contributed by atoms with Crippen molar-refractivity contribution in [3.63, 3.8) is 0 Å². The van der Waals surface area contributed by atoms with Crippen LogP contribution in [0, 0.1) is 5.92 Å². The maximum atomic E-state index is 12.7. The quantitative estimate of drug-likeness (QED) is 0.0868. The maximum Gasteiger partial charge on any atom is 0.341 e. The highest BCUT2D eigenvalue weighted by Crippen LogP contribution is 2.39. The Morgan fingerprint density at radius 1 is 0.733 bits per heavy atom. The summed E-state index contributed by atoms with van der Waals surface area (Å²) in [7, 11) is 2.97. The first-order valence-electron chi connectivity index (χ1n) is 14.7. The van der Waals surface area contributed by atoms with Gasteiger partial charge in [0.25, 0.3) is 0 Å². The number of hydrogen-bond donors (Lipinski definition) is 0. The van der Waals surface area contributed by atoms with Crippen molar-refractivity contribution in [3.05, 3.63) is 109 Å². The molecule has 1 aliphatic rings. The molecular weight excluding hydrogens is 572 g/mol. The van der Waals surface area contributed by atoms with Gasteiger partial charge in [0.2, 0.25) is 0 Å². The van der Waals surface area contributed by atoms with E-state index < -0.39 is 11.9 Å². The molecule has 234 valence electrons. The molecule has 0 aliphatic heterocycles. The zero-order valence-electron chi connectivity index (χ0n) is 25.7. The van der Waals surface area contributed by atoms with Gasteiger partial charge in [-0.2, -0.15) is 0 Å². The van der Waals surface area contributed by atoms with E-state index in [0.717, 1.165) is 47.9 Å². The molecule has 8 nitrogen and oxygen atoms in total. The molecule has 8 heteroatoms. The molecule has 1 saturated carbocycles. The summed E-state index contributed by atoms with van der Waals surface area (Å²) in [4.78, 5) is 37.0. The van der Waals surface area contributed by atoms with E-state index in [4.69, 9.17) is 23.7 Å². The highest BCUT2D eigenvalue weighted by molar-refractivity contribution is 5.92. The lowest BCUT2D eigenvalue weighted by molar-refractivity contribution is -0.143. The van der Waals surface area contributed by atoms with Crippen LogP contribution in [0.1, 0.15) is 37.2 Å². The maximum absolute atomic E-state index is 12.7. The van der Waals surface area contributed by atoms with Crippen molar-refractivity contribution in [2.75, 3.05) is 27.4 Å². The Bertz CT molecular complexity index is 1540. The Balaban J connectivity index is 1.57. The minimum absolute atomic E-state index is 0.0598. The van der Waals surface area contributed by atoms with Crippen LogP contribution in [0.25, 0.3) is 22.3 Å². The number of benzene rings is 3. The minimum Gasteiger partial charge on any atom is -0.435 e. The minimum atomic E-state index is -0.574. The second kappa shape index (κ2) is 15.8. The lowest BCUT2D eigenvalue weighted by Gasteiger charge is -2.27. The zero-order valence-corrected chi connectivity index (χ0v) is 25.7. The van der Waals surface area contributed by atoms with E-state index in [1.165, 1.54) is 26.0 Å². The number of hydrogen-bond acceptors (Lipinski definition) is 8. The molecule has 0 spiro atoms. The number of ether oxygens (including phenoxy) is 5. The average molecular weight is 611 g/mol. The fourth-order valence-electron chi connectivity index (χ4n) is 5.33. The van der Waals surface area contributed by atoms with Gasteiger partial charge in [0, 0.05) is 19.8 Å². The Labute approximate surface area is 263 Å². The number of carbonyl (C=O) groups excluding carboxylic acids is 3. The first kappa shape index (κ1) is 33.1. The summed E-state index contributed by atoms with van der Waals surface area (Å²) >= 11 is 0. The van der Waals surface area contributed by atoms with E-state index >= 15 is 0 Å². The fourth-order valence-corrected chi connectivity index (χ4v) is 5.33. The van der Waals surface area contributed by atoms with E-state index in [1.54, 1.807) is 18.2 Å². The average Bonchev–Trinajstić information content (AvgIpc) is 3.06. The molecule has 0 radical (unpaired) electrons. The molecular formula is C37H38O8. The smallest absolute Gasteiger partial charge is 0.341 e. The van der Waals surface area contributed by atoms with Crippen LogP contribution in [0.4, 0.5) is 0 Å². The van der Waals surface area contributed by atoms with Crippen LogP contribution in [0.2, 0.25) is 0 Å². The van der Waals surface area contributed by atoms with Crippen molar-refractivity contribution in [1.29, 1.82) is 0 Å². The Hall–Kier alpha value is -4.79. The first-order chi connectivity index (χ1) is 21.7. The van der Waals surface area contributed by atoms with Crippen molar-refractivity contribution < 1.29 is 38.1 Å². The van der Waals surface area contributed by atoms with Crippen LogP contribution >= 0.6 is 0 Å². The van der Waals surface area contributed by atoms with Crippen molar-refractivity contribution in [3.8, 4) is 33.8 Å². The summed E-state index contributed by atoms with van der Waals surface area (Å²) in [6.45, 7) is 11.1. The van der Waals surface area contributed by atoms with E-state index in [0.29, 0.717) is 17.4 Å². The third-order valence-electron chi connectivity index (χ3n) is 7.75. The van der Waals surface area contributed by atoms with Gasteiger partial charge in [-0.3, -0.25) is 4.79 Å². The van der Waals surface area contributed by atoms with Gasteiger partial charge in [-0.25, -0.2) is 9.59 Å². The van der Waals surface area contributed by atoms with Gasteiger partial charge in [0.05, 0.1) is 36.5 Å². The van der Waals surface area contributed by atoms with Gasteiger partial charge in [-0.05, 0) is 78.1 Å². The number of methoxy groups -OCH3 is 2. The molecule has 4 rings (SSSR count). The largest absolute Gasteiger partial charge is 0.435 e. The lowest BCUT2D eigenvalue weighted by Crippen LogP contribution is -2.21. The highest BCUT2D eigenvalue weighted by atomic mass is 16.5. The molecule has 0 heterocycles. The topological polar surface area (TPSA) is 97.4 Å². The molecule has 0 unspecified atom stereocenters. The molecule has 0 bridgehead atoms. The molecule has 3 aromatic carbocycles. The summed E-state index contributed by atoms with van der Waals surface area (Å²) in [5, 5.41) is 0. The second-order valence-corrected chi connectivity index (χ2v) is 10.9. The fraction of sp³-hybridized carbons (Fsp3) is 0.270. The second-order valence-electron chi connectivity index (χ2n) is 10.9. The van der Waals surface area contributed by atoms with Gasteiger partial charge in [0.15, 0.2) is 0 Å². The summed E-state index contributed by atoms with van der Waals surface area (Å²) in [5.74, 6) is -0.328. The SMILES string of the molecule is C=COC(=O)C1CCC(c2ccc(-c3cc(-c4ccc(OC(=O)C(=C)COC)cc4)ccc3OC(=O)C(=C)COC)cc2)CC1. The summed E-state index contributed by atoms with van der Waals surface area (Å²) in [6, 6.07) is 20.9. The summed E-state index contributed by atoms with van der Waals surface area (Å²) in [5.41, 5.74) is 4.94. The predicted molar refractivity (Wildman–Crippen MR) is 172 cm³/mol. The molecule has 45 heavy (non-hydrogen) atoms. The molecule has 0 amide bonds. The number of esters is 3. The van der Waals surface area contributed by atoms with Crippen molar-refractivity contribution >= 4 is 17.9 Å². The van der Waals surface area contributed by atoms with Gasteiger partial charge >= 0.3 is 17.9 Å². The van der Waals surface area contributed by atoms with Gasteiger partial charge in [-0.15, -0.1) is 0 Å². The summed E-state index contributed by atoms with van der Waals surface area (Å²) < 4.78 is 26.1. The van der Waals surface area contributed by atoms with E-state index in [-0.39, 0.29) is 36.2 Å². The molecule has 0 N–H and O–H groups in total. The van der Waals surface area contributed by atoms with Crippen LogP contribution in [-0.4, -0.2) is 45.3 Å². The van der Waals surface area contributed by atoms with Crippen molar-refractivity contribution in [2.45, 2.75) is 31.6 Å². The Kier molecular flexibility index (Phi) is 11.6. The molecule has 1 aliphatic carbocycles. The van der Waals surface area contributed by atoms with E-state index in [9.17, 15) is 14.4 Å². The number of carbonyl (C=O) groups is 3. The Morgan fingerprint density at radius 3 is 1.87 bits per heavy atom. The Morgan fingerprint density at radius 2 is 1.29 bits per heavy atom. The molecule has 0 atom stereocenters. The van der Waals surface area contributed by atoms with Gasteiger partial charge in [0.1, 0.15) is 11.5 Å². The van der Waals surface area contributed by atoms with Crippen LogP contribution in [0.15, 0.2) is 104 Å². The highest BCUT2D eigenvalue weighted by Gasteiger charge is 2.28. The van der Waals surface area contributed by atoms with Crippen molar-refractivity contribution in [2.24, 2.45) is 5.92 Å². The van der Waals surface area contributed by atoms with Gasteiger partial charge < -0.3 is 23.7 Å². The monoisotopic (exact) mass is 610 g/mol.